The van der Waals surface area contributed by atoms with E-state index >= 15 is 0 Å². The Labute approximate surface area is 112 Å². The van der Waals surface area contributed by atoms with Gasteiger partial charge in [0.1, 0.15) is 11.5 Å². The molecule has 0 atom stereocenters. The summed E-state index contributed by atoms with van der Waals surface area (Å²) in [5.74, 6) is 1.12. The third-order valence-corrected chi connectivity index (χ3v) is 3.48. The van der Waals surface area contributed by atoms with Crippen molar-refractivity contribution in [1.29, 1.82) is 0 Å². The van der Waals surface area contributed by atoms with Crippen LogP contribution in [0.1, 0.15) is 0 Å². The molecule has 0 unspecified atom stereocenters. The number of rotatable bonds is 2. The normalized spacial score (nSPS) is 15.7. The van der Waals surface area contributed by atoms with Crippen molar-refractivity contribution in [3.63, 3.8) is 0 Å². The fourth-order valence-electron chi connectivity index (χ4n) is 2.49. The van der Waals surface area contributed by atoms with E-state index in [0.29, 0.717) is 5.75 Å². The number of methoxy groups -OCH3 is 1. The summed E-state index contributed by atoms with van der Waals surface area (Å²) >= 11 is 0. The lowest BCUT2D eigenvalue weighted by Gasteiger charge is -2.30. The Bertz CT molecular complexity index is 591. The van der Waals surface area contributed by atoms with Crippen LogP contribution in [0, 0.1) is 0 Å². The van der Waals surface area contributed by atoms with Crippen molar-refractivity contribution in [2.45, 2.75) is 0 Å². The number of phenols is 1. The van der Waals surface area contributed by atoms with E-state index in [0.717, 1.165) is 48.5 Å². The van der Waals surface area contributed by atoms with Crippen LogP contribution in [0.3, 0.4) is 0 Å². The molecule has 19 heavy (non-hydrogen) atoms. The first-order valence-corrected chi connectivity index (χ1v) is 6.41. The number of ether oxygens (including phenoxy) is 2. The monoisotopic (exact) mass is 259 g/mol. The number of phenolic OH excluding ortho intramolecular Hbond substituents is 1. The van der Waals surface area contributed by atoms with Gasteiger partial charge in [-0.15, -0.1) is 0 Å². The SMILES string of the molecule is COc1ccc2cc(O)cc(N3CCOCC3)c2c1. The van der Waals surface area contributed by atoms with Gasteiger partial charge in [-0.3, -0.25) is 0 Å². The lowest BCUT2D eigenvalue weighted by Crippen LogP contribution is -2.36. The lowest BCUT2D eigenvalue weighted by atomic mass is 10.1. The van der Waals surface area contributed by atoms with Crippen molar-refractivity contribution in [3.05, 3.63) is 30.3 Å². The minimum Gasteiger partial charge on any atom is -0.508 e. The molecular formula is C15H17NO3. The summed E-state index contributed by atoms with van der Waals surface area (Å²) in [7, 11) is 1.66. The lowest BCUT2D eigenvalue weighted by molar-refractivity contribution is 0.123. The van der Waals surface area contributed by atoms with Crippen LogP contribution in [-0.4, -0.2) is 38.5 Å². The highest BCUT2D eigenvalue weighted by molar-refractivity contribution is 5.96. The smallest absolute Gasteiger partial charge is 0.119 e. The number of hydrogen-bond donors (Lipinski definition) is 1. The quantitative estimate of drug-likeness (QED) is 0.899. The first kappa shape index (κ1) is 12.1. The molecule has 2 aromatic carbocycles. The molecule has 0 saturated carbocycles. The fourth-order valence-corrected chi connectivity index (χ4v) is 2.49. The molecule has 1 heterocycles. The molecule has 1 saturated heterocycles. The number of fused-ring (bicyclic) bond motifs is 1. The first-order chi connectivity index (χ1) is 9.28. The maximum Gasteiger partial charge on any atom is 0.119 e. The van der Waals surface area contributed by atoms with Crippen molar-refractivity contribution in [2.24, 2.45) is 0 Å². The maximum absolute atomic E-state index is 9.88. The minimum absolute atomic E-state index is 0.291. The number of morpholine rings is 1. The number of nitrogens with zero attached hydrogens (tertiary/aromatic N) is 1. The highest BCUT2D eigenvalue weighted by atomic mass is 16.5. The summed E-state index contributed by atoms with van der Waals surface area (Å²) in [5, 5.41) is 12.0. The number of aromatic hydroxyl groups is 1. The molecule has 1 aliphatic heterocycles. The molecule has 4 heteroatoms. The Kier molecular flexibility index (Phi) is 3.17. The zero-order chi connectivity index (χ0) is 13.2. The Balaban J connectivity index is 2.14. The molecule has 0 radical (unpaired) electrons. The first-order valence-electron chi connectivity index (χ1n) is 6.41. The van der Waals surface area contributed by atoms with Gasteiger partial charge in [-0.25, -0.2) is 0 Å². The van der Waals surface area contributed by atoms with Gasteiger partial charge < -0.3 is 19.5 Å². The molecule has 3 rings (SSSR count). The number of benzene rings is 2. The Morgan fingerprint density at radius 2 is 1.95 bits per heavy atom. The molecule has 0 bridgehead atoms. The van der Waals surface area contributed by atoms with E-state index < -0.39 is 0 Å². The summed E-state index contributed by atoms with van der Waals surface area (Å²) in [5.41, 5.74) is 1.04. The predicted molar refractivity (Wildman–Crippen MR) is 75.2 cm³/mol. The van der Waals surface area contributed by atoms with Gasteiger partial charge in [-0.1, -0.05) is 6.07 Å². The average Bonchev–Trinajstić information content (AvgIpc) is 2.47. The fraction of sp³-hybridized carbons (Fsp3) is 0.333. The Morgan fingerprint density at radius 1 is 1.16 bits per heavy atom. The van der Waals surface area contributed by atoms with Gasteiger partial charge in [-0.05, 0) is 23.6 Å². The summed E-state index contributed by atoms with van der Waals surface area (Å²) in [6.45, 7) is 3.13. The molecule has 4 nitrogen and oxygen atoms in total. The molecule has 0 amide bonds. The molecule has 0 aromatic heterocycles. The molecule has 1 fully saturated rings. The maximum atomic E-state index is 9.88. The molecule has 100 valence electrons. The number of hydrogen-bond acceptors (Lipinski definition) is 4. The average molecular weight is 259 g/mol. The molecule has 1 aliphatic rings. The van der Waals surface area contributed by atoms with Crippen LogP contribution in [0.25, 0.3) is 10.8 Å². The molecule has 0 aliphatic carbocycles. The van der Waals surface area contributed by atoms with E-state index in [1.165, 1.54) is 0 Å². The van der Waals surface area contributed by atoms with Crippen molar-refractivity contribution in [1.82, 2.24) is 0 Å². The topological polar surface area (TPSA) is 41.9 Å². The summed E-state index contributed by atoms with van der Waals surface area (Å²) in [6.07, 6.45) is 0. The van der Waals surface area contributed by atoms with Gasteiger partial charge in [0, 0.05) is 30.2 Å². The van der Waals surface area contributed by atoms with E-state index in [1.54, 1.807) is 13.2 Å². The van der Waals surface area contributed by atoms with Crippen LogP contribution < -0.4 is 9.64 Å². The van der Waals surface area contributed by atoms with E-state index in [-0.39, 0.29) is 0 Å². The highest BCUT2D eigenvalue weighted by Gasteiger charge is 2.15. The van der Waals surface area contributed by atoms with Gasteiger partial charge in [0.2, 0.25) is 0 Å². The zero-order valence-corrected chi connectivity index (χ0v) is 10.9. The second kappa shape index (κ2) is 4.97. The minimum atomic E-state index is 0.291. The molecule has 2 aromatic rings. The van der Waals surface area contributed by atoms with E-state index in [9.17, 15) is 5.11 Å². The van der Waals surface area contributed by atoms with Gasteiger partial charge in [0.25, 0.3) is 0 Å². The summed E-state index contributed by atoms with van der Waals surface area (Å²) in [4.78, 5) is 2.24. The zero-order valence-electron chi connectivity index (χ0n) is 10.9. The second-order valence-corrected chi connectivity index (χ2v) is 4.65. The molecule has 1 N–H and O–H groups in total. The van der Waals surface area contributed by atoms with E-state index in [1.807, 2.05) is 24.3 Å². The van der Waals surface area contributed by atoms with Crippen molar-refractivity contribution in [3.8, 4) is 11.5 Å². The number of anilines is 1. The van der Waals surface area contributed by atoms with Gasteiger partial charge in [0.15, 0.2) is 0 Å². The molecular weight excluding hydrogens is 242 g/mol. The standard InChI is InChI=1S/C15H17NO3/c1-18-13-3-2-11-8-12(17)9-15(14(11)10-13)16-4-6-19-7-5-16/h2-3,8-10,17H,4-7H2,1H3. The van der Waals surface area contributed by atoms with Crippen molar-refractivity contribution in [2.75, 3.05) is 38.3 Å². The summed E-state index contributed by atoms with van der Waals surface area (Å²) in [6, 6.07) is 9.48. The second-order valence-electron chi connectivity index (χ2n) is 4.65. The van der Waals surface area contributed by atoms with Crippen molar-refractivity contribution < 1.29 is 14.6 Å². The van der Waals surface area contributed by atoms with Crippen LogP contribution in [0.15, 0.2) is 30.3 Å². The Morgan fingerprint density at radius 3 is 2.68 bits per heavy atom. The van der Waals surface area contributed by atoms with Crippen LogP contribution in [0.2, 0.25) is 0 Å². The predicted octanol–water partition coefficient (Wildman–Crippen LogP) is 2.39. The van der Waals surface area contributed by atoms with Crippen LogP contribution >= 0.6 is 0 Å². The van der Waals surface area contributed by atoms with Gasteiger partial charge in [-0.2, -0.15) is 0 Å². The van der Waals surface area contributed by atoms with E-state index in [4.69, 9.17) is 9.47 Å². The Hall–Kier alpha value is -1.94. The molecule has 0 spiro atoms. The largest absolute Gasteiger partial charge is 0.508 e. The van der Waals surface area contributed by atoms with Crippen LogP contribution in [0.5, 0.6) is 11.5 Å². The van der Waals surface area contributed by atoms with Crippen LogP contribution in [0.4, 0.5) is 5.69 Å². The van der Waals surface area contributed by atoms with Gasteiger partial charge >= 0.3 is 0 Å². The third-order valence-electron chi connectivity index (χ3n) is 3.48. The van der Waals surface area contributed by atoms with Gasteiger partial charge in [0.05, 0.1) is 20.3 Å². The third kappa shape index (κ3) is 2.31. The highest BCUT2D eigenvalue weighted by Crippen LogP contribution is 2.34. The van der Waals surface area contributed by atoms with Crippen LogP contribution in [-0.2, 0) is 4.74 Å². The van der Waals surface area contributed by atoms with Crippen molar-refractivity contribution >= 4 is 16.5 Å². The summed E-state index contributed by atoms with van der Waals surface area (Å²) < 4.78 is 10.7. The van der Waals surface area contributed by atoms with E-state index in [2.05, 4.69) is 4.90 Å².